The average molecular weight is 205 g/mol. The molecular formula is C12H15NO2. The molecule has 3 nitrogen and oxygen atoms in total. The van der Waals surface area contributed by atoms with Gasteiger partial charge in [0, 0.05) is 6.42 Å². The zero-order chi connectivity index (χ0) is 10.7. The fourth-order valence-electron chi connectivity index (χ4n) is 1.42. The van der Waals surface area contributed by atoms with Crippen LogP contribution in [0, 0.1) is 5.92 Å². The number of nitrogens with two attached hydrogens (primary N) is 1. The van der Waals surface area contributed by atoms with Crippen molar-refractivity contribution in [1.29, 1.82) is 0 Å². The number of rotatable bonds is 5. The first-order valence-corrected chi connectivity index (χ1v) is 5.24. The molecule has 0 aliphatic heterocycles. The molecule has 0 radical (unpaired) electrons. The predicted octanol–water partition coefficient (Wildman–Crippen LogP) is 1.80. The van der Waals surface area contributed by atoms with Gasteiger partial charge in [0.05, 0.1) is 12.3 Å². The van der Waals surface area contributed by atoms with Crippen molar-refractivity contribution in [2.75, 3.05) is 12.3 Å². The van der Waals surface area contributed by atoms with Crippen LogP contribution in [-0.4, -0.2) is 12.9 Å². The summed E-state index contributed by atoms with van der Waals surface area (Å²) < 4.78 is 5.61. The lowest BCUT2D eigenvalue weighted by Gasteiger charge is -2.09. The van der Waals surface area contributed by atoms with Crippen molar-refractivity contribution in [2.24, 2.45) is 5.92 Å². The van der Waals surface area contributed by atoms with Gasteiger partial charge in [0.2, 0.25) is 0 Å². The van der Waals surface area contributed by atoms with Gasteiger partial charge in [-0.2, -0.15) is 0 Å². The third-order valence-corrected chi connectivity index (χ3v) is 2.57. The minimum absolute atomic E-state index is 0.417. The first-order valence-electron chi connectivity index (χ1n) is 5.24. The van der Waals surface area contributed by atoms with Crippen molar-refractivity contribution in [3.05, 3.63) is 23.8 Å². The van der Waals surface area contributed by atoms with Crippen LogP contribution in [0.5, 0.6) is 5.75 Å². The first-order chi connectivity index (χ1) is 7.29. The topological polar surface area (TPSA) is 52.3 Å². The summed E-state index contributed by atoms with van der Waals surface area (Å²) in [4.78, 5) is 10.4. The minimum atomic E-state index is 0.417. The van der Waals surface area contributed by atoms with E-state index in [1.807, 2.05) is 12.1 Å². The molecule has 80 valence electrons. The fraction of sp³-hybridized carbons (Fsp3) is 0.417. The highest BCUT2D eigenvalue weighted by atomic mass is 16.5. The maximum Gasteiger partial charge on any atom is 0.142 e. The first kappa shape index (κ1) is 10.0. The van der Waals surface area contributed by atoms with E-state index >= 15 is 0 Å². The van der Waals surface area contributed by atoms with Crippen LogP contribution in [0.4, 0.5) is 5.69 Å². The third kappa shape index (κ3) is 2.72. The van der Waals surface area contributed by atoms with Gasteiger partial charge in [-0.3, -0.25) is 0 Å². The monoisotopic (exact) mass is 205 g/mol. The van der Waals surface area contributed by atoms with Crippen LogP contribution >= 0.6 is 0 Å². The summed E-state index contributed by atoms with van der Waals surface area (Å²) in [6.45, 7) is 0.745. The molecule has 2 rings (SSSR count). The zero-order valence-corrected chi connectivity index (χ0v) is 8.61. The van der Waals surface area contributed by atoms with E-state index in [9.17, 15) is 4.79 Å². The summed E-state index contributed by atoms with van der Waals surface area (Å²) in [5.74, 6) is 1.42. The quantitative estimate of drug-likeness (QED) is 0.589. The molecule has 0 aromatic heterocycles. The van der Waals surface area contributed by atoms with Crippen LogP contribution in [0.3, 0.4) is 0 Å². The molecule has 0 amide bonds. The van der Waals surface area contributed by atoms with Gasteiger partial charge >= 0.3 is 0 Å². The maximum atomic E-state index is 10.4. The number of benzene rings is 1. The van der Waals surface area contributed by atoms with E-state index in [0.29, 0.717) is 23.8 Å². The molecule has 3 heteroatoms. The molecule has 1 fully saturated rings. The number of aldehydes is 1. The molecule has 15 heavy (non-hydrogen) atoms. The van der Waals surface area contributed by atoms with Crippen molar-refractivity contribution in [1.82, 2.24) is 0 Å². The maximum absolute atomic E-state index is 10.4. The molecule has 0 bridgehead atoms. The second-order valence-corrected chi connectivity index (χ2v) is 4.00. The molecule has 0 spiro atoms. The number of anilines is 1. The van der Waals surface area contributed by atoms with Crippen molar-refractivity contribution >= 4 is 12.0 Å². The smallest absolute Gasteiger partial charge is 0.142 e. The second-order valence-electron chi connectivity index (χ2n) is 4.00. The Morgan fingerprint density at radius 2 is 2.27 bits per heavy atom. The van der Waals surface area contributed by atoms with Gasteiger partial charge in [-0.05, 0) is 36.5 Å². The second kappa shape index (κ2) is 4.34. The summed E-state index contributed by atoms with van der Waals surface area (Å²) in [6, 6.07) is 5.50. The van der Waals surface area contributed by atoms with E-state index in [4.69, 9.17) is 10.5 Å². The molecule has 0 heterocycles. The summed E-state index contributed by atoms with van der Waals surface area (Å²) >= 11 is 0. The number of carbonyl (C=O) groups excluding carboxylic acids is 1. The molecule has 1 aromatic carbocycles. The van der Waals surface area contributed by atoms with Gasteiger partial charge in [-0.1, -0.05) is 6.07 Å². The highest BCUT2D eigenvalue weighted by Crippen LogP contribution is 2.31. The Morgan fingerprint density at radius 1 is 1.47 bits per heavy atom. The molecule has 2 N–H and O–H groups in total. The number of carbonyl (C=O) groups is 1. The Balaban J connectivity index is 2.04. The lowest BCUT2D eigenvalue weighted by Crippen LogP contribution is -2.02. The van der Waals surface area contributed by atoms with Gasteiger partial charge in [0.15, 0.2) is 0 Å². The van der Waals surface area contributed by atoms with Crippen LogP contribution in [0.1, 0.15) is 18.4 Å². The Bertz CT molecular complexity index is 359. The van der Waals surface area contributed by atoms with E-state index in [0.717, 1.165) is 18.5 Å². The van der Waals surface area contributed by atoms with Gasteiger partial charge in [-0.25, -0.2) is 0 Å². The molecule has 1 saturated carbocycles. The number of hydrogen-bond acceptors (Lipinski definition) is 3. The van der Waals surface area contributed by atoms with Crippen molar-refractivity contribution in [2.45, 2.75) is 19.3 Å². The zero-order valence-electron chi connectivity index (χ0n) is 8.61. The van der Waals surface area contributed by atoms with Gasteiger partial charge in [0.25, 0.3) is 0 Å². The molecular weight excluding hydrogens is 190 g/mol. The minimum Gasteiger partial charge on any atom is -0.491 e. The van der Waals surface area contributed by atoms with Crippen LogP contribution in [-0.2, 0) is 11.2 Å². The molecule has 1 aliphatic carbocycles. The van der Waals surface area contributed by atoms with Gasteiger partial charge in [-0.15, -0.1) is 0 Å². The molecule has 0 atom stereocenters. The Hall–Kier alpha value is -1.51. The Labute approximate surface area is 89.2 Å². The lowest BCUT2D eigenvalue weighted by atomic mass is 10.1. The van der Waals surface area contributed by atoms with Crippen LogP contribution in [0.25, 0.3) is 0 Å². The Kier molecular flexibility index (Phi) is 2.90. The van der Waals surface area contributed by atoms with Gasteiger partial charge in [0.1, 0.15) is 12.0 Å². The highest BCUT2D eigenvalue weighted by Gasteiger charge is 2.22. The largest absolute Gasteiger partial charge is 0.491 e. The van der Waals surface area contributed by atoms with E-state index in [1.165, 1.54) is 12.8 Å². The third-order valence-electron chi connectivity index (χ3n) is 2.57. The summed E-state index contributed by atoms with van der Waals surface area (Å²) in [5, 5.41) is 0. The van der Waals surface area contributed by atoms with E-state index in [1.54, 1.807) is 6.07 Å². The van der Waals surface area contributed by atoms with Crippen molar-refractivity contribution < 1.29 is 9.53 Å². The molecule has 0 unspecified atom stereocenters. The fourth-order valence-corrected chi connectivity index (χ4v) is 1.42. The predicted molar refractivity (Wildman–Crippen MR) is 58.8 cm³/mol. The summed E-state index contributed by atoms with van der Waals surface area (Å²) in [6.07, 6.45) is 3.82. The highest BCUT2D eigenvalue weighted by molar-refractivity contribution is 5.59. The number of hydrogen-bond donors (Lipinski definition) is 1. The van der Waals surface area contributed by atoms with E-state index < -0.39 is 0 Å². The van der Waals surface area contributed by atoms with Gasteiger partial charge < -0.3 is 15.3 Å². The number of ether oxygens (including phenoxy) is 1. The van der Waals surface area contributed by atoms with Crippen molar-refractivity contribution in [3.63, 3.8) is 0 Å². The van der Waals surface area contributed by atoms with Crippen LogP contribution in [0.2, 0.25) is 0 Å². The average Bonchev–Trinajstić information content (AvgIpc) is 3.03. The lowest BCUT2D eigenvalue weighted by molar-refractivity contribution is -0.107. The normalized spacial score (nSPS) is 14.9. The molecule has 1 aliphatic rings. The Morgan fingerprint density at radius 3 is 2.93 bits per heavy atom. The molecule has 0 saturated heterocycles. The van der Waals surface area contributed by atoms with E-state index in [2.05, 4.69) is 0 Å². The van der Waals surface area contributed by atoms with E-state index in [-0.39, 0.29) is 0 Å². The number of nitrogen functional groups attached to an aromatic ring is 1. The summed E-state index contributed by atoms with van der Waals surface area (Å²) in [7, 11) is 0. The SMILES string of the molecule is Nc1ccc(CC=O)cc1OCC1CC1. The van der Waals surface area contributed by atoms with Crippen LogP contribution in [0.15, 0.2) is 18.2 Å². The van der Waals surface area contributed by atoms with Crippen molar-refractivity contribution in [3.8, 4) is 5.75 Å². The standard InChI is InChI=1S/C12H15NO2/c13-11-4-3-9(5-6-14)7-12(11)15-8-10-1-2-10/h3-4,6-7,10H,1-2,5,8,13H2. The molecule has 1 aromatic rings. The van der Waals surface area contributed by atoms with Crippen LogP contribution < -0.4 is 10.5 Å². The summed E-state index contributed by atoms with van der Waals surface area (Å²) in [5.41, 5.74) is 7.37.